The van der Waals surface area contributed by atoms with Gasteiger partial charge >= 0.3 is 11.9 Å². The SMILES string of the molecule is C#CCOC(=O)c1ccc(C(O)(c2ccccc2)C(O)(c2ccccc2)c2ccc(C(=O)OCC=C)cc2)cc1. The summed E-state index contributed by atoms with van der Waals surface area (Å²) in [5.41, 5.74) is -2.15. The van der Waals surface area contributed by atoms with Crippen molar-refractivity contribution in [2.24, 2.45) is 0 Å². The minimum atomic E-state index is -2.05. The van der Waals surface area contributed by atoms with E-state index in [1.165, 1.54) is 30.3 Å². The molecule has 4 aromatic rings. The number of terminal acetylenes is 1. The molecule has 40 heavy (non-hydrogen) atoms. The molecule has 0 bridgehead atoms. The molecule has 2 atom stereocenters. The summed E-state index contributed by atoms with van der Waals surface area (Å²) in [5.74, 6) is 1.11. The molecule has 0 radical (unpaired) electrons. The summed E-state index contributed by atoms with van der Waals surface area (Å²) < 4.78 is 10.1. The van der Waals surface area contributed by atoms with Gasteiger partial charge in [-0.25, -0.2) is 9.59 Å². The summed E-state index contributed by atoms with van der Waals surface area (Å²) in [4.78, 5) is 24.8. The molecule has 200 valence electrons. The first-order valence-electron chi connectivity index (χ1n) is 12.5. The van der Waals surface area contributed by atoms with Gasteiger partial charge in [0.15, 0.2) is 17.8 Å². The number of rotatable bonds is 10. The van der Waals surface area contributed by atoms with Crippen LogP contribution in [0.1, 0.15) is 43.0 Å². The van der Waals surface area contributed by atoms with E-state index in [-0.39, 0.29) is 24.3 Å². The molecule has 0 aromatic heterocycles. The number of ether oxygens (including phenoxy) is 2. The second kappa shape index (κ2) is 12.3. The molecule has 0 aliphatic rings. The Balaban J connectivity index is 1.91. The Kier molecular flexibility index (Phi) is 8.60. The Labute approximate surface area is 233 Å². The van der Waals surface area contributed by atoms with Gasteiger partial charge in [-0.1, -0.05) is 104 Å². The van der Waals surface area contributed by atoms with Gasteiger partial charge < -0.3 is 19.7 Å². The van der Waals surface area contributed by atoms with Crippen LogP contribution in [0.15, 0.2) is 122 Å². The lowest BCUT2D eigenvalue weighted by molar-refractivity contribution is -0.113. The van der Waals surface area contributed by atoms with Crippen molar-refractivity contribution in [2.45, 2.75) is 11.2 Å². The third-order valence-corrected chi connectivity index (χ3v) is 6.60. The predicted molar refractivity (Wildman–Crippen MR) is 151 cm³/mol. The molecular formula is C34H28O6. The van der Waals surface area contributed by atoms with Gasteiger partial charge in [-0.15, -0.1) is 6.42 Å². The van der Waals surface area contributed by atoms with Crippen LogP contribution >= 0.6 is 0 Å². The average molecular weight is 533 g/mol. The highest BCUT2D eigenvalue weighted by molar-refractivity contribution is 5.90. The van der Waals surface area contributed by atoms with E-state index >= 15 is 0 Å². The summed E-state index contributed by atoms with van der Waals surface area (Å²) in [5, 5.41) is 25.5. The maximum Gasteiger partial charge on any atom is 0.339 e. The molecule has 0 aliphatic carbocycles. The highest BCUT2D eigenvalue weighted by Gasteiger charge is 2.54. The van der Waals surface area contributed by atoms with Crippen LogP contribution in [-0.4, -0.2) is 35.4 Å². The van der Waals surface area contributed by atoms with Crippen LogP contribution in [0.25, 0.3) is 0 Å². The van der Waals surface area contributed by atoms with Gasteiger partial charge in [0.2, 0.25) is 0 Å². The van der Waals surface area contributed by atoms with E-state index in [9.17, 15) is 19.8 Å². The fraction of sp³-hybridized carbons (Fsp3) is 0.118. The second-order valence-electron chi connectivity index (χ2n) is 8.97. The van der Waals surface area contributed by atoms with E-state index in [2.05, 4.69) is 12.5 Å². The van der Waals surface area contributed by atoms with Crippen LogP contribution in [0.5, 0.6) is 0 Å². The van der Waals surface area contributed by atoms with Gasteiger partial charge in [-0.3, -0.25) is 0 Å². The standard InChI is InChI=1S/C34H28O6/c1-3-23-39-31(35)25-15-19-29(20-16-25)33(37,27-11-7-5-8-12-27)34(38,28-13-9-6-10-14-28)30-21-17-26(18-22-30)32(36)40-24-4-2/h1,4-22,37-38H,2,23-24H2. The third kappa shape index (κ3) is 5.29. The molecule has 6 heteroatoms. The molecule has 4 aromatic carbocycles. The third-order valence-electron chi connectivity index (χ3n) is 6.60. The molecule has 0 saturated carbocycles. The Bertz CT molecular complexity index is 1510. The van der Waals surface area contributed by atoms with Crippen molar-refractivity contribution in [3.8, 4) is 12.3 Å². The lowest BCUT2D eigenvalue weighted by Crippen LogP contribution is -2.51. The number of aliphatic hydroxyl groups is 2. The largest absolute Gasteiger partial charge is 0.458 e. The molecular weight excluding hydrogens is 504 g/mol. The topological polar surface area (TPSA) is 93.1 Å². The first kappa shape index (κ1) is 28.1. The minimum absolute atomic E-state index is 0.0641. The van der Waals surface area contributed by atoms with Crippen LogP contribution in [0.3, 0.4) is 0 Å². The number of carbonyl (C=O) groups excluding carboxylic acids is 2. The normalized spacial score (nSPS) is 13.6. The predicted octanol–water partition coefficient (Wildman–Crippen LogP) is 4.99. The van der Waals surface area contributed by atoms with Crippen molar-refractivity contribution < 1.29 is 29.3 Å². The minimum Gasteiger partial charge on any atom is -0.458 e. The van der Waals surface area contributed by atoms with Crippen molar-refractivity contribution >= 4 is 11.9 Å². The Morgan fingerprint density at radius 2 is 1.05 bits per heavy atom. The molecule has 0 amide bonds. The number of carbonyl (C=O) groups is 2. The van der Waals surface area contributed by atoms with E-state index in [4.69, 9.17) is 15.9 Å². The lowest BCUT2D eigenvalue weighted by Gasteiger charge is -2.45. The first-order valence-corrected chi connectivity index (χ1v) is 12.5. The van der Waals surface area contributed by atoms with Crippen molar-refractivity contribution in [1.82, 2.24) is 0 Å². The van der Waals surface area contributed by atoms with Crippen LogP contribution in [0.4, 0.5) is 0 Å². The number of hydrogen-bond acceptors (Lipinski definition) is 6. The van der Waals surface area contributed by atoms with Crippen molar-refractivity contribution in [1.29, 1.82) is 0 Å². The molecule has 0 heterocycles. The number of benzene rings is 4. The zero-order valence-corrected chi connectivity index (χ0v) is 21.7. The Morgan fingerprint density at radius 1 is 0.675 bits per heavy atom. The summed E-state index contributed by atoms with van der Waals surface area (Å²) in [7, 11) is 0. The molecule has 0 spiro atoms. The Morgan fingerprint density at radius 3 is 1.43 bits per heavy atom. The van der Waals surface area contributed by atoms with Crippen LogP contribution in [-0.2, 0) is 20.7 Å². The summed E-state index contributed by atoms with van der Waals surface area (Å²) in [6.07, 6.45) is 6.66. The monoisotopic (exact) mass is 532 g/mol. The van der Waals surface area contributed by atoms with E-state index in [1.807, 2.05) is 0 Å². The highest BCUT2D eigenvalue weighted by atomic mass is 16.5. The second-order valence-corrected chi connectivity index (χ2v) is 8.97. The zero-order chi connectivity index (χ0) is 28.6. The van der Waals surface area contributed by atoms with E-state index in [1.54, 1.807) is 84.9 Å². The highest BCUT2D eigenvalue weighted by Crippen LogP contribution is 2.49. The van der Waals surface area contributed by atoms with Gasteiger partial charge in [-0.05, 0) is 46.5 Å². The van der Waals surface area contributed by atoms with Gasteiger partial charge in [0.25, 0.3) is 0 Å². The van der Waals surface area contributed by atoms with Crippen molar-refractivity contribution in [3.63, 3.8) is 0 Å². The fourth-order valence-electron chi connectivity index (χ4n) is 4.63. The van der Waals surface area contributed by atoms with Gasteiger partial charge in [0.05, 0.1) is 11.1 Å². The molecule has 2 N–H and O–H groups in total. The zero-order valence-electron chi connectivity index (χ0n) is 21.7. The summed E-state index contributed by atoms with van der Waals surface area (Å²) >= 11 is 0. The van der Waals surface area contributed by atoms with E-state index in [0.717, 1.165) is 0 Å². The maximum absolute atomic E-state index is 12.8. The van der Waals surface area contributed by atoms with Gasteiger partial charge in [0.1, 0.15) is 6.61 Å². The lowest BCUT2D eigenvalue weighted by atomic mass is 9.66. The molecule has 2 unspecified atom stereocenters. The van der Waals surface area contributed by atoms with Crippen LogP contribution in [0.2, 0.25) is 0 Å². The van der Waals surface area contributed by atoms with Crippen LogP contribution < -0.4 is 0 Å². The summed E-state index contributed by atoms with van der Waals surface area (Å²) in [6.45, 7) is 3.44. The smallest absolute Gasteiger partial charge is 0.339 e. The molecule has 0 saturated heterocycles. The molecule has 6 nitrogen and oxygen atoms in total. The molecule has 4 rings (SSSR count). The fourth-order valence-corrected chi connectivity index (χ4v) is 4.63. The van der Waals surface area contributed by atoms with E-state index in [0.29, 0.717) is 22.3 Å². The average Bonchev–Trinajstić information content (AvgIpc) is 3.02. The summed E-state index contributed by atoms with van der Waals surface area (Å²) in [6, 6.07) is 29.9. The number of esters is 2. The Hall–Kier alpha value is -4.96. The maximum atomic E-state index is 12.8. The number of hydrogen-bond donors (Lipinski definition) is 2. The van der Waals surface area contributed by atoms with Crippen LogP contribution in [0, 0.1) is 12.3 Å². The first-order chi connectivity index (χ1) is 19.4. The van der Waals surface area contributed by atoms with Crippen molar-refractivity contribution in [2.75, 3.05) is 13.2 Å². The molecule has 0 aliphatic heterocycles. The molecule has 0 fully saturated rings. The quantitative estimate of drug-likeness (QED) is 0.170. The van der Waals surface area contributed by atoms with Gasteiger partial charge in [0, 0.05) is 0 Å². The van der Waals surface area contributed by atoms with E-state index < -0.39 is 23.1 Å². The van der Waals surface area contributed by atoms with Gasteiger partial charge in [-0.2, -0.15) is 0 Å². The van der Waals surface area contributed by atoms with Crippen molar-refractivity contribution in [3.05, 3.63) is 155 Å².